The van der Waals surface area contributed by atoms with Gasteiger partial charge in [0.05, 0.1) is 22.1 Å². The Kier molecular flexibility index (Phi) is 5.43. The summed E-state index contributed by atoms with van der Waals surface area (Å²) in [4.78, 5) is 15.5. The van der Waals surface area contributed by atoms with Crippen molar-refractivity contribution in [3.63, 3.8) is 0 Å². The highest BCUT2D eigenvalue weighted by atomic mass is 15.3. The summed E-state index contributed by atoms with van der Waals surface area (Å²) in [7, 11) is 0. The minimum absolute atomic E-state index is 0.580. The highest BCUT2D eigenvalue weighted by Gasteiger charge is 2.20. The van der Waals surface area contributed by atoms with Gasteiger partial charge in [0, 0.05) is 27.1 Å². The predicted octanol–water partition coefficient (Wildman–Crippen LogP) is 9.40. The number of rotatable bonds is 4. The first kappa shape index (κ1) is 24.5. The molecule has 5 heteroatoms. The van der Waals surface area contributed by atoms with Gasteiger partial charge in [0.2, 0.25) is 11.9 Å². The Morgan fingerprint density at radius 2 is 0.636 bits per heavy atom. The van der Waals surface area contributed by atoms with Crippen LogP contribution in [0.5, 0.6) is 0 Å². The summed E-state index contributed by atoms with van der Waals surface area (Å²) in [5.41, 5.74) is 7.46. The zero-order valence-corrected chi connectivity index (χ0v) is 23.7. The summed E-state index contributed by atoms with van der Waals surface area (Å²) in [5, 5.41) is 4.65. The van der Waals surface area contributed by atoms with Crippen LogP contribution in [-0.4, -0.2) is 24.1 Å². The Balaban J connectivity index is 1.34. The molecule has 0 fully saturated rings. The van der Waals surface area contributed by atoms with Crippen molar-refractivity contribution < 1.29 is 0 Å². The van der Waals surface area contributed by atoms with Crippen molar-refractivity contribution in [1.29, 1.82) is 0 Å². The average Bonchev–Trinajstić information content (AvgIpc) is 3.62. The Hall–Kier alpha value is -6.07. The van der Waals surface area contributed by atoms with Gasteiger partial charge in [0.25, 0.3) is 0 Å². The molecule has 0 radical (unpaired) electrons. The Labute approximate surface area is 253 Å². The molecule has 0 saturated carbocycles. The maximum absolute atomic E-state index is 5.21. The van der Waals surface area contributed by atoms with Crippen LogP contribution in [0.25, 0.3) is 78.0 Å². The van der Waals surface area contributed by atoms with Crippen LogP contribution in [0.15, 0.2) is 152 Å². The lowest BCUT2D eigenvalue weighted by Gasteiger charge is -2.13. The van der Waals surface area contributed by atoms with Crippen LogP contribution in [0.4, 0.5) is 0 Å². The van der Waals surface area contributed by atoms with Crippen LogP contribution < -0.4 is 0 Å². The quantitative estimate of drug-likeness (QED) is 0.214. The van der Waals surface area contributed by atoms with E-state index in [1.165, 1.54) is 5.56 Å². The molecule has 3 heterocycles. The summed E-state index contributed by atoms with van der Waals surface area (Å²) in [5.74, 6) is 1.78. The third kappa shape index (κ3) is 3.76. The summed E-state index contributed by atoms with van der Waals surface area (Å²) in [6.07, 6.45) is 0. The van der Waals surface area contributed by atoms with Gasteiger partial charge in [-0.15, -0.1) is 0 Å². The second kappa shape index (κ2) is 9.75. The van der Waals surface area contributed by atoms with Crippen molar-refractivity contribution in [3.05, 3.63) is 152 Å². The second-order valence-corrected chi connectivity index (χ2v) is 10.9. The normalized spacial score (nSPS) is 11.6. The number of aromatic nitrogens is 5. The number of fused-ring (bicyclic) bond motifs is 6. The first-order valence-corrected chi connectivity index (χ1v) is 14.7. The van der Waals surface area contributed by atoms with E-state index in [0.717, 1.165) is 54.7 Å². The largest absolute Gasteiger partial charge is 0.278 e. The molecule has 206 valence electrons. The zero-order chi connectivity index (χ0) is 29.0. The van der Waals surface area contributed by atoms with Gasteiger partial charge in [0.1, 0.15) is 0 Å². The fourth-order valence-electron chi connectivity index (χ4n) is 6.40. The molecule has 5 nitrogen and oxygen atoms in total. The molecule has 9 aromatic rings. The number of nitrogens with zero attached hydrogens (tertiary/aromatic N) is 5. The highest BCUT2D eigenvalue weighted by molar-refractivity contribution is 6.10. The van der Waals surface area contributed by atoms with Gasteiger partial charge in [-0.2, -0.15) is 15.0 Å². The Bertz CT molecular complexity index is 2250. The smallest absolute Gasteiger partial charge is 0.240 e. The van der Waals surface area contributed by atoms with Gasteiger partial charge in [-0.3, -0.25) is 9.13 Å². The maximum Gasteiger partial charge on any atom is 0.240 e. The molecule has 9 rings (SSSR count). The second-order valence-electron chi connectivity index (χ2n) is 10.9. The predicted molar refractivity (Wildman–Crippen MR) is 179 cm³/mol. The molecule has 0 N–H and O–H groups in total. The first-order chi connectivity index (χ1) is 21.8. The summed E-state index contributed by atoms with van der Waals surface area (Å²) in [6, 6.07) is 52.6. The lowest BCUT2D eigenvalue weighted by Crippen LogP contribution is -2.10. The third-order valence-electron chi connectivity index (χ3n) is 8.42. The minimum Gasteiger partial charge on any atom is -0.278 e. The fraction of sp³-hybridized carbons (Fsp3) is 0. The van der Waals surface area contributed by atoms with Crippen molar-refractivity contribution in [3.8, 4) is 34.4 Å². The van der Waals surface area contributed by atoms with E-state index in [9.17, 15) is 0 Å². The number of benzene rings is 6. The van der Waals surface area contributed by atoms with Crippen LogP contribution in [-0.2, 0) is 0 Å². The summed E-state index contributed by atoms with van der Waals surface area (Å²) >= 11 is 0. The van der Waals surface area contributed by atoms with E-state index in [1.54, 1.807) is 0 Å². The van der Waals surface area contributed by atoms with E-state index in [-0.39, 0.29) is 0 Å². The van der Waals surface area contributed by atoms with Gasteiger partial charge < -0.3 is 0 Å². The molecule has 6 aromatic carbocycles. The number of hydrogen-bond acceptors (Lipinski definition) is 3. The van der Waals surface area contributed by atoms with E-state index in [1.807, 2.05) is 6.07 Å². The van der Waals surface area contributed by atoms with Gasteiger partial charge in [-0.25, -0.2) is 0 Å². The van der Waals surface area contributed by atoms with E-state index in [0.29, 0.717) is 17.7 Å². The number of para-hydroxylation sites is 4. The molecule has 0 saturated heterocycles. The summed E-state index contributed by atoms with van der Waals surface area (Å²) in [6.45, 7) is 0. The van der Waals surface area contributed by atoms with Gasteiger partial charge in [-0.1, -0.05) is 127 Å². The molecule has 0 atom stereocenters. The molecule has 0 spiro atoms. The van der Waals surface area contributed by atoms with E-state index < -0.39 is 0 Å². The number of hydrogen-bond donors (Lipinski definition) is 0. The van der Waals surface area contributed by atoms with E-state index >= 15 is 0 Å². The van der Waals surface area contributed by atoms with Crippen LogP contribution >= 0.6 is 0 Å². The van der Waals surface area contributed by atoms with Crippen molar-refractivity contribution in [2.24, 2.45) is 0 Å². The van der Waals surface area contributed by atoms with Gasteiger partial charge >= 0.3 is 0 Å². The van der Waals surface area contributed by atoms with Crippen LogP contribution in [0.2, 0.25) is 0 Å². The molecular weight excluding hydrogens is 538 g/mol. The molecule has 0 aliphatic carbocycles. The van der Waals surface area contributed by atoms with E-state index in [4.69, 9.17) is 15.0 Å². The monoisotopic (exact) mass is 563 g/mol. The van der Waals surface area contributed by atoms with E-state index in [2.05, 4.69) is 155 Å². The highest BCUT2D eigenvalue weighted by Crippen LogP contribution is 2.34. The standard InChI is InChI=1S/C39H25N5/c1-2-12-26(13-3-1)27-22-24-28(25-23-27)37-40-38(43-33-18-8-4-14-29(33)30-15-5-9-19-34(30)43)42-39(41-37)44-35-20-10-6-16-31(35)32-17-7-11-21-36(32)44/h1-25H. The van der Waals surface area contributed by atoms with Crippen molar-refractivity contribution in [1.82, 2.24) is 24.1 Å². The van der Waals surface area contributed by atoms with Crippen LogP contribution in [0.1, 0.15) is 0 Å². The topological polar surface area (TPSA) is 48.5 Å². The average molecular weight is 564 g/mol. The molecule has 0 aliphatic heterocycles. The molecule has 44 heavy (non-hydrogen) atoms. The van der Waals surface area contributed by atoms with Crippen molar-refractivity contribution in [2.45, 2.75) is 0 Å². The molecule has 0 bridgehead atoms. The fourth-order valence-corrected chi connectivity index (χ4v) is 6.40. The van der Waals surface area contributed by atoms with Gasteiger partial charge in [-0.05, 0) is 35.4 Å². The molecule has 0 aliphatic rings. The summed E-state index contributed by atoms with van der Waals surface area (Å²) < 4.78 is 4.32. The maximum atomic E-state index is 5.21. The molecular formula is C39H25N5. The SMILES string of the molecule is c1ccc(-c2ccc(-c3nc(-n4c5ccccc5c5ccccc54)nc(-n4c5ccccc5c5ccccc54)n3)cc2)cc1. The lowest BCUT2D eigenvalue weighted by molar-refractivity contribution is 0.893. The van der Waals surface area contributed by atoms with Gasteiger partial charge in [0.15, 0.2) is 5.82 Å². The molecule has 3 aromatic heterocycles. The molecule has 0 amide bonds. The van der Waals surface area contributed by atoms with Crippen LogP contribution in [0, 0.1) is 0 Å². The van der Waals surface area contributed by atoms with Crippen LogP contribution in [0.3, 0.4) is 0 Å². The Morgan fingerprint density at radius 3 is 1.07 bits per heavy atom. The van der Waals surface area contributed by atoms with Crippen molar-refractivity contribution >= 4 is 43.6 Å². The molecule has 0 unspecified atom stereocenters. The lowest BCUT2D eigenvalue weighted by atomic mass is 10.0. The Morgan fingerprint density at radius 1 is 0.295 bits per heavy atom. The minimum atomic E-state index is 0.580. The first-order valence-electron chi connectivity index (χ1n) is 14.7. The van der Waals surface area contributed by atoms with Crippen molar-refractivity contribution in [2.75, 3.05) is 0 Å². The zero-order valence-electron chi connectivity index (χ0n) is 23.7. The third-order valence-corrected chi connectivity index (χ3v) is 8.42.